The van der Waals surface area contributed by atoms with Crippen LogP contribution in [0.15, 0.2) is 48.7 Å². The Hall–Kier alpha value is -3.49. The van der Waals surface area contributed by atoms with Gasteiger partial charge in [0.25, 0.3) is 0 Å². The minimum Gasteiger partial charge on any atom is -0.493 e. The molecule has 0 saturated heterocycles. The number of likely N-dealkylation sites (N-methyl/N-ethyl adjacent to an activating group) is 1. The van der Waals surface area contributed by atoms with Crippen molar-refractivity contribution >= 4 is 23.3 Å². The van der Waals surface area contributed by atoms with Gasteiger partial charge in [-0.25, -0.2) is 4.79 Å². The van der Waals surface area contributed by atoms with E-state index in [0.717, 1.165) is 68.1 Å². The van der Waals surface area contributed by atoms with Gasteiger partial charge in [0.05, 0.1) is 6.61 Å². The number of nitrogens with one attached hydrogen (secondary N) is 1. The second-order valence-electron chi connectivity index (χ2n) is 15.6. The predicted molar refractivity (Wildman–Crippen MR) is 197 cm³/mol. The molecule has 9 heteroatoms. The largest absolute Gasteiger partial charge is 0.493 e. The van der Waals surface area contributed by atoms with Crippen molar-refractivity contribution in [3.63, 3.8) is 0 Å². The molecule has 0 unspecified atom stereocenters. The number of fused-ring (bicyclic) bond motifs is 4. The summed E-state index contributed by atoms with van der Waals surface area (Å²) in [6.07, 6.45) is 9.68. The van der Waals surface area contributed by atoms with Gasteiger partial charge in [0.2, 0.25) is 0 Å². The molecule has 2 heterocycles. The van der Waals surface area contributed by atoms with Crippen LogP contribution in [0.1, 0.15) is 94.0 Å². The Kier molecular flexibility index (Phi) is 9.97. The van der Waals surface area contributed by atoms with E-state index in [2.05, 4.69) is 55.2 Å². The fourth-order valence-electron chi connectivity index (χ4n) is 9.28. The minimum atomic E-state index is -1.07. The lowest BCUT2D eigenvalue weighted by atomic mass is 9.59. The summed E-state index contributed by atoms with van der Waals surface area (Å²) in [6.45, 7) is 9.64. The van der Waals surface area contributed by atoms with Crippen LogP contribution in [0.25, 0.3) is 0 Å². The number of hydrogen-bond donors (Lipinski definition) is 2. The Morgan fingerprint density at radius 2 is 2.00 bits per heavy atom. The number of carbonyl (C=O) groups is 1. The molecule has 2 N–H and O–H groups in total. The van der Waals surface area contributed by atoms with Crippen molar-refractivity contribution in [2.45, 2.75) is 102 Å². The normalized spacial score (nSPS) is 27.4. The zero-order chi connectivity index (χ0) is 35.0. The summed E-state index contributed by atoms with van der Waals surface area (Å²) in [4.78, 5) is 19.9. The molecular formula is C41H52ClN3O5. The van der Waals surface area contributed by atoms with Crippen molar-refractivity contribution < 1.29 is 24.1 Å². The molecule has 50 heavy (non-hydrogen) atoms. The lowest BCUT2D eigenvalue weighted by Gasteiger charge is -2.47. The Bertz CT molecular complexity index is 1710. The third kappa shape index (κ3) is 6.78. The highest BCUT2D eigenvalue weighted by molar-refractivity contribution is 6.30. The third-order valence-corrected chi connectivity index (χ3v) is 12.4. The van der Waals surface area contributed by atoms with Crippen molar-refractivity contribution in [3.05, 3.63) is 76.1 Å². The van der Waals surface area contributed by atoms with Crippen molar-refractivity contribution in [3.8, 4) is 17.2 Å². The number of benzene rings is 2. The van der Waals surface area contributed by atoms with Crippen LogP contribution in [-0.2, 0) is 23.1 Å². The molecule has 7 rings (SSSR count). The number of aliphatic carboxylic acids is 1. The standard InChI is InChI=1S/C41H52ClN3O5/c1-5-45(4)23-32-25-49-36-20-28-19-29(18-26(2)24-48-35-12-17-43-34-11-6-8-27(3)38(34)35)40(33(28)22-37(36)50-32)13-15-41(16-14-40,39(46)47)44-31-10-7-9-30(42)21-31/h7,9-10,12,17,20-22,26-27,29,32,44H,5-6,8,11,13-16,18-19,23-25H2,1-4H3,(H,46,47)/t26-,27-,29+,32-,40?,41?/m1/s1. The summed E-state index contributed by atoms with van der Waals surface area (Å²) >= 11 is 6.30. The smallest absolute Gasteiger partial charge is 0.329 e. The van der Waals surface area contributed by atoms with Crippen molar-refractivity contribution in [1.29, 1.82) is 0 Å². The first-order valence-electron chi connectivity index (χ1n) is 18.6. The van der Waals surface area contributed by atoms with Gasteiger partial charge in [0.1, 0.15) is 24.0 Å². The number of carboxylic acid groups (broad SMARTS) is 1. The first kappa shape index (κ1) is 34.9. The molecule has 4 atom stereocenters. The molecule has 3 aromatic rings. The average Bonchev–Trinajstić information content (AvgIpc) is 3.38. The number of ether oxygens (including phenoxy) is 3. The number of anilines is 1. The van der Waals surface area contributed by atoms with Crippen molar-refractivity contribution in [2.75, 3.05) is 38.7 Å². The van der Waals surface area contributed by atoms with E-state index in [1.807, 2.05) is 36.5 Å². The first-order chi connectivity index (χ1) is 24.1. The molecule has 1 saturated carbocycles. The number of aryl methyl sites for hydroxylation is 1. The molecule has 1 aliphatic heterocycles. The minimum absolute atomic E-state index is 0.0367. The van der Waals surface area contributed by atoms with Crippen molar-refractivity contribution in [2.24, 2.45) is 11.8 Å². The summed E-state index contributed by atoms with van der Waals surface area (Å²) in [5, 5.41) is 14.7. The van der Waals surface area contributed by atoms with Gasteiger partial charge in [-0.05, 0) is 142 Å². The molecule has 0 radical (unpaired) electrons. The topological polar surface area (TPSA) is 93.2 Å². The van der Waals surface area contributed by atoms with E-state index in [-0.39, 0.29) is 11.5 Å². The van der Waals surface area contributed by atoms with E-state index in [1.54, 1.807) is 0 Å². The van der Waals surface area contributed by atoms with Crippen LogP contribution in [0.5, 0.6) is 17.2 Å². The Morgan fingerprint density at radius 3 is 2.76 bits per heavy atom. The highest BCUT2D eigenvalue weighted by Crippen LogP contribution is 2.58. The van der Waals surface area contributed by atoms with E-state index >= 15 is 0 Å². The van der Waals surface area contributed by atoms with Crippen LogP contribution in [0, 0.1) is 11.8 Å². The summed E-state index contributed by atoms with van der Waals surface area (Å²) in [6, 6.07) is 13.9. The van der Waals surface area contributed by atoms with E-state index in [0.29, 0.717) is 48.8 Å². The fraction of sp³-hybridized carbons (Fsp3) is 0.561. The summed E-state index contributed by atoms with van der Waals surface area (Å²) in [7, 11) is 2.10. The second kappa shape index (κ2) is 14.3. The summed E-state index contributed by atoms with van der Waals surface area (Å²) < 4.78 is 19.5. The molecule has 268 valence electrons. The first-order valence-corrected chi connectivity index (χ1v) is 19.0. The van der Waals surface area contributed by atoms with E-state index < -0.39 is 11.5 Å². The van der Waals surface area contributed by atoms with E-state index in [4.69, 9.17) is 25.8 Å². The molecule has 1 fully saturated rings. The van der Waals surface area contributed by atoms with Gasteiger partial charge in [-0.15, -0.1) is 0 Å². The predicted octanol–water partition coefficient (Wildman–Crippen LogP) is 8.29. The Labute approximate surface area is 301 Å². The maximum absolute atomic E-state index is 13.0. The summed E-state index contributed by atoms with van der Waals surface area (Å²) in [5.41, 5.74) is 4.58. The average molecular weight is 702 g/mol. The van der Waals surface area contributed by atoms with Crippen LogP contribution >= 0.6 is 11.6 Å². The number of pyridine rings is 1. The molecular weight excluding hydrogens is 650 g/mol. The molecule has 4 aliphatic rings. The summed E-state index contributed by atoms with van der Waals surface area (Å²) in [5.74, 6) is 2.90. The van der Waals surface area contributed by atoms with Crippen LogP contribution in [-0.4, -0.2) is 66.0 Å². The third-order valence-electron chi connectivity index (χ3n) is 12.1. The van der Waals surface area contributed by atoms with E-state index in [9.17, 15) is 9.90 Å². The molecule has 8 nitrogen and oxygen atoms in total. The van der Waals surface area contributed by atoms with Crippen LogP contribution in [0.4, 0.5) is 5.69 Å². The molecule has 3 aliphatic carbocycles. The second-order valence-corrected chi connectivity index (χ2v) is 16.0. The fourth-order valence-corrected chi connectivity index (χ4v) is 9.47. The monoisotopic (exact) mass is 701 g/mol. The van der Waals surface area contributed by atoms with Crippen molar-refractivity contribution in [1.82, 2.24) is 9.88 Å². The Morgan fingerprint density at radius 1 is 1.18 bits per heavy atom. The quantitative estimate of drug-likeness (QED) is 0.206. The number of hydrogen-bond acceptors (Lipinski definition) is 7. The highest BCUT2D eigenvalue weighted by atomic mass is 35.5. The van der Waals surface area contributed by atoms with Gasteiger partial charge in [0.15, 0.2) is 11.5 Å². The van der Waals surface area contributed by atoms with Crippen LogP contribution in [0.2, 0.25) is 5.02 Å². The Balaban J connectivity index is 1.15. The lowest BCUT2D eigenvalue weighted by Crippen LogP contribution is -2.53. The molecule has 0 amide bonds. The SMILES string of the molecule is CCN(C)C[C@@H]1COc2cc3c(cc2O1)C1(CCC(Nc2cccc(Cl)c2)(C(=O)O)CC1)[C@@H](C[C@@H](C)COc1ccnc2c1[C@H](C)CCC2)C3. The lowest BCUT2D eigenvalue weighted by molar-refractivity contribution is -0.144. The number of carboxylic acids is 1. The molecule has 0 bridgehead atoms. The molecule has 1 spiro atoms. The van der Waals surface area contributed by atoms with Gasteiger partial charge in [0, 0.05) is 34.7 Å². The number of halogens is 1. The maximum atomic E-state index is 13.0. The molecule has 1 aromatic heterocycles. The van der Waals surface area contributed by atoms with Gasteiger partial charge < -0.3 is 29.5 Å². The number of rotatable bonds is 11. The zero-order valence-electron chi connectivity index (χ0n) is 30.0. The van der Waals surface area contributed by atoms with Gasteiger partial charge in [-0.2, -0.15) is 0 Å². The number of aromatic nitrogens is 1. The number of nitrogens with zero attached hydrogens (tertiary/aromatic N) is 2. The highest BCUT2D eigenvalue weighted by Gasteiger charge is 2.54. The molecule has 2 aromatic carbocycles. The maximum Gasteiger partial charge on any atom is 0.329 e. The van der Waals surface area contributed by atoms with Gasteiger partial charge >= 0.3 is 5.97 Å². The van der Waals surface area contributed by atoms with Gasteiger partial charge in [-0.1, -0.05) is 38.4 Å². The van der Waals surface area contributed by atoms with Crippen LogP contribution in [0.3, 0.4) is 0 Å². The van der Waals surface area contributed by atoms with E-state index in [1.165, 1.54) is 35.2 Å². The zero-order valence-corrected chi connectivity index (χ0v) is 30.7. The van der Waals surface area contributed by atoms with Gasteiger partial charge in [-0.3, -0.25) is 4.98 Å². The van der Waals surface area contributed by atoms with Crippen LogP contribution < -0.4 is 19.5 Å².